The van der Waals surface area contributed by atoms with Crippen LogP contribution in [0.2, 0.25) is 0 Å². The van der Waals surface area contributed by atoms with Crippen LogP contribution in [0.5, 0.6) is 5.75 Å². The van der Waals surface area contributed by atoms with Crippen LogP contribution < -0.4 is 0 Å². The molecule has 0 heterocycles. The summed E-state index contributed by atoms with van der Waals surface area (Å²) in [6.07, 6.45) is -1.33. The minimum absolute atomic E-state index is 0.598. The van der Waals surface area contributed by atoms with E-state index in [0.717, 1.165) is 12.1 Å². The van der Waals surface area contributed by atoms with Crippen molar-refractivity contribution in [3.63, 3.8) is 0 Å². The van der Waals surface area contributed by atoms with Gasteiger partial charge in [0.25, 0.3) is 5.92 Å². The van der Waals surface area contributed by atoms with Crippen LogP contribution in [0, 0.1) is 0 Å². The fourth-order valence-corrected chi connectivity index (χ4v) is 1.07. The lowest BCUT2D eigenvalue weighted by Gasteiger charge is -2.15. The molecule has 3 nitrogen and oxygen atoms in total. The number of phenolic OH excluding ortho intramolecular Hbond substituents is 1. The Labute approximate surface area is 78.6 Å². The molecule has 0 spiro atoms. The zero-order chi connectivity index (χ0) is 10.8. The SMILES string of the molecule is O=C(O)CC(F)(F)c1ccccc1O. The van der Waals surface area contributed by atoms with E-state index in [4.69, 9.17) is 10.2 Å². The van der Waals surface area contributed by atoms with Gasteiger partial charge in [0.15, 0.2) is 0 Å². The van der Waals surface area contributed by atoms with E-state index < -0.39 is 29.6 Å². The second-order valence-corrected chi connectivity index (χ2v) is 2.79. The molecule has 1 rings (SSSR count). The molecule has 5 heteroatoms. The molecule has 0 aromatic heterocycles. The highest BCUT2D eigenvalue weighted by molar-refractivity contribution is 5.68. The minimum Gasteiger partial charge on any atom is -0.507 e. The molecule has 0 amide bonds. The van der Waals surface area contributed by atoms with Crippen molar-refractivity contribution in [1.82, 2.24) is 0 Å². The first-order chi connectivity index (χ1) is 6.43. The Morgan fingerprint density at radius 1 is 1.36 bits per heavy atom. The van der Waals surface area contributed by atoms with Gasteiger partial charge in [-0.1, -0.05) is 12.1 Å². The lowest BCUT2D eigenvalue weighted by Crippen LogP contribution is -2.18. The lowest BCUT2D eigenvalue weighted by atomic mass is 10.0. The molecule has 0 fully saturated rings. The molecule has 0 atom stereocenters. The van der Waals surface area contributed by atoms with Gasteiger partial charge >= 0.3 is 5.97 Å². The molecule has 0 bridgehead atoms. The third-order valence-corrected chi connectivity index (χ3v) is 1.67. The third-order valence-electron chi connectivity index (χ3n) is 1.67. The summed E-state index contributed by atoms with van der Waals surface area (Å²) in [4.78, 5) is 10.1. The fourth-order valence-electron chi connectivity index (χ4n) is 1.07. The van der Waals surface area contributed by atoms with E-state index in [1.165, 1.54) is 12.1 Å². The molecule has 1 aromatic rings. The van der Waals surface area contributed by atoms with Crippen molar-refractivity contribution in [2.75, 3.05) is 0 Å². The topological polar surface area (TPSA) is 57.5 Å². The molecule has 0 saturated carbocycles. The van der Waals surface area contributed by atoms with Crippen molar-refractivity contribution in [2.45, 2.75) is 12.3 Å². The van der Waals surface area contributed by atoms with E-state index >= 15 is 0 Å². The van der Waals surface area contributed by atoms with Crippen LogP contribution in [-0.2, 0) is 10.7 Å². The van der Waals surface area contributed by atoms with E-state index in [9.17, 15) is 13.6 Å². The van der Waals surface area contributed by atoms with Gasteiger partial charge in [0.2, 0.25) is 0 Å². The second kappa shape index (κ2) is 3.61. The molecule has 76 valence electrons. The van der Waals surface area contributed by atoms with Crippen molar-refractivity contribution in [3.05, 3.63) is 29.8 Å². The molecule has 0 aliphatic heterocycles. The molecule has 2 N–H and O–H groups in total. The average Bonchev–Trinajstić information content (AvgIpc) is 2.02. The number of halogens is 2. The Morgan fingerprint density at radius 2 is 1.93 bits per heavy atom. The normalized spacial score (nSPS) is 11.3. The summed E-state index contributed by atoms with van der Waals surface area (Å²) in [5.41, 5.74) is -0.664. The van der Waals surface area contributed by atoms with Crippen molar-refractivity contribution in [1.29, 1.82) is 0 Å². The maximum absolute atomic E-state index is 13.1. The van der Waals surface area contributed by atoms with Gasteiger partial charge in [0.1, 0.15) is 12.2 Å². The summed E-state index contributed by atoms with van der Waals surface area (Å²) in [7, 11) is 0. The molecule has 0 aliphatic carbocycles. The monoisotopic (exact) mass is 202 g/mol. The standard InChI is InChI=1S/C9H8F2O3/c10-9(11,5-8(13)14)6-3-1-2-4-7(6)12/h1-4,12H,5H2,(H,13,14). The van der Waals surface area contributed by atoms with Gasteiger partial charge in [-0.05, 0) is 12.1 Å². The Bertz CT molecular complexity index is 350. The number of benzene rings is 1. The molecule has 0 unspecified atom stereocenters. The van der Waals surface area contributed by atoms with E-state index in [1.54, 1.807) is 0 Å². The molecule has 14 heavy (non-hydrogen) atoms. The molecule has 0 aliphatic rings. The number of phenols is 1. The van der Waals surface area contributed by atoms with Gasteiger partial charge in [-0.2, -0.15) is 0 Å². The van der Waals surface area contributed by atoms with Gasteiger partial charge in [0, 0.05) is 0 Å². The van der Waals surface area contributed by atoms with Crippen LogP contribution in [0.15, 0.2) is 24.3 Å². The summed E-state index contributed by atoms with van der Waals surface area (Å²) >= 11 is 0. The van der Waals surface area contributed by atoms with Gasteiger partial charge in [-0.25, -0.2) is 8.78 Å². The number of rotatable bonds is 3. The van der Waals surface area contributed by atoms with Gasteiger partial charge in [-0.15, -0.1) is 0 Å². The highest BCUT2D eigenvalue weighted by Gasteiger charge is 2.36. The number of carbonyl (C=O) groups is 1. The Kier molecular flexibility index (Phi) is 2.69. The number of carboxylic acid groups (broad SMARTS) is 1. The zero-order valence-electron chi connectivity index (χ0n) is 7.08. The van der Waals surface area contributed by atoms with Gasteiger partial charge < -0.3 is 10.2 Å². The molecule has 1 aromatic carbocycles. The highest BCUT2D eigenvalue weighted by atomic mass is 19.3. The highest BCUT2D eigenvalue weighted by Crippen LogP contribution is 2.36. The summed E-state index contributed by atoms with van der Waals surface area (Å²) in [5.74, 6) is -5.76. The first kappa shape index (κ1) is 10.4. The molecular weight excluding hydrogens is 194 g/mol. The van der Waals surface area contributed by atoms with Crippen molar-refractivity contribution in [3.8, 4) is 5.75 Å². The Hall–Kier alpha value is -1.65. The third kappa shape index (κ3) is 2.18. The summed E-state index contributed by atoms with van der Waals surface area (Å²) in [6, 6.07) is 4.78. The predicted molar refractivity (Wildman–Crippen MR) is 44.3 cm³/mol. The molecule has 0 radical (unpaired) electrons. The van der Waals surface area contributed by atoms with E-state index in [2.05, 4.69) is 0 Å². The maximum Gasteiger partial charge on any atom is 0.309 e. The van der Waals surface area contributed by atoms with Crippen LogP contribution in [0.25, 0.3) is 0 Å². The lowest BCUT2D eigenvalue weighted by molar-refractivity contribution is -0.145. The second-order valence-electron chi connectivity index (χ2n) is 2.79. The predicted octanol–water partition coefficient (Wildman–Crippen LogP) is 1.96. The van der Waals surface area contributed by atoms with E-state index in [1.807, 2.05) is 0 Å². The smallest absolute Gasteiger partial charge is 0.309 e. The van der Waals surface area contributed by atoms with Crippen LogP contribution in [-0.4, -0.2) is 16.2 Å². The quantitative estimate of drug-likeness (QED) is 0.787. The number of aromatic hydroxyl groups is 1. The van der Waals surface area contributed by atoms with Crippen molar-refractivity contribution >= 4 is 5.97 Å². The van der Waals surface area contributed by atoms with Crippen molar-refractivity contribution in [2.24, 2.45) is 0 Å². The average molecular weight is 202 g/mol. The Morgan fingerprint density at radius 3 is 2.43 bits per heavy atom. The summed E-state index contributed by atoms with van der Waals surface area (Å²) < 4.78 is 26.3. The number of alkyl halides is 2. The molecular formula is C9H8F2O3. The maximum atomic E-state index is 13.1. The number of hydrogen-bond acceptors (Lipinski definition) is 2. The largest absolute Gasteiger partial charge is 0.507 e. The van der Waals surface area contributed by atoms with Crippen LogP contribution in [0.3, 0.4) is 0 Å². The zero-order valence-corrected chi connectivity index (χ0v) is 7.08. The number of carboxylic acids is 1. The van der Waals surface area contributed by atoms with Crippen LogP contribution in [0.1, 0.15) is 12.0 Å². The van der Waals surface area contributed by atoms with Gasteiger partial charge in [0.05, 0.1) is 5.56 Å². The van der Waals surface area contributed by atoms with Crippen molar-refractivity contribution < 1.29 is 23.8 Å². The first-order valence-corrected chi connectivity index (χ1v) is 3.81. The fraction of sp³-hybridized carbons (Fsp3) is 0.222. The Balaban J connectivity index is 3.03. The number of para-hydroxylation sites is 1. The molecule has 0 saturated heterocycles. The number of hydrogen-bond donors (Lipinski definition) is 2. The van der Waals surface area contributed by atoms with Gasteiger partial charge in [-0.3, -0.25) is 4.79 Å². The summed E-state index contributed by atoms with van der Waals surface area (Å²) in [5, 5.41) is 17.3. The summed E-state index contributed by atoms with van der Waals surface area (Å²) in [6.45, 7) is 0. The van der Waals surface area contributed by atoms with E-state index in [-0.39, 0.29) is 0 Å². The number of aliphatic carboxylic acids is 1. The minimum atomic E-state index is -3.54. The van der Waals surface area contributed by atoms with Crippen LogP contribution in [0.4, 0.5) is 8.78 Å². The van der Waals surface area contributed by atoms with E-state index in [0.29, 0.717) is 0 Å². The first-order valence-electron chi connectivity index (χ1n) is 3.81. The van der Waals surface area contributed by atoms with Crippen LogP contribution >= 0.6 is 0 Å².